The minimum Gasteiger partial charge on any atom is -0.444 e. The standard InChI is InChI=1S/C28H30N6O3/c1-28(2,3)37-27(36)31-21-15-26(35)33(18-21)22-11-9-20(10-12-22)23-17-30-25-14-13-24(32-34(23)25)29-16-19-7-5-4-6-8-19/h4-14,17,21H,15-16,18H2,1-3H3,(H,29,32)(H,31,36). The first kappa shape index (κ1) is 24.3. The zero-order chi connectivity index (χ0) is 26.0. The van der Waals surface area contributed by atoms with E-state index in [-0.39, 0.29) is 18.4 Å². The number of ether oxygens (including phenoxy) is 1. The lowest BCUT2D eigenvalue weighted by molar-refractivity contribution is -0.117. The molecule has 9 nitrogen and oxygen atoms in total. The number of carbonyl (C=O) groups is 2. The molecule has 0 bridgehead atoms. The molecule has 9 heteroatoms. The summed E-state index contributed by atoms with van der Waals surface area (Å²) in [4.78, 5) is 30.9. The summed E-state index contributed by atoms with van der Waals surface area (Å²) in [6.45, 7) is 6.49. The van der Waals surface area contributed by atoms with Crippen LogP contribution in [-0.2, 0) is 16.1 Å². The van der Waals surface area contributed by atoms with E-state index in [2.05, 4.69) is 27.8 Å². The molecule has 4 aromatic rings. The zero-order valence-electron chi connectivity index (χ0n) is 21.1. The smallest absolute Gasteiger partial charge is 0.407 e. The number of amides is 2. The number of carbonyl (C=O) groups excluding carboxylic acids is 2. The number of aromatic nitrogens is 3. The van der Waals surface area contributed by atoms with Gasteiger partial charge in [-0.2, -0.15) is 0 Å². The second-order valence-electron chi connectivity index (χ2n) is 10.1. The van der Waals surface area contributed by atoms with Gasteiger partial charge in [-0.3, -0.25) is 4.79 Å². The maximum Gasteiger partial charge on any atom is 0.407 e. The highest BCUT2D eigenvalue weighted by Crippen LogP contribution is 2.27. The van der Waals surface area contributed by atoms with E-state index in [1.54, 1.807) is 11.1 Å². The summed E-state index contributed by atoms with van der Waals surface area (Å²) < 4.78 is 7.13. The van der Waals surface area contributed by atoms with Gasteiger partial charge in [0.05, 0.1) is 17.9 Å². The van der Waals surface area contributed by atoms with Crippen molar-refractivity contribution in [1.29, 1.82) is 0 Å². The maximum absolute atomic E-state index is 12.6. The van der Waals surface area contributed by atoms with Crippen molar-refractivity contribution >= 4 is 29.2 Å². The summed E-state index contributed by atoms with van der Waals surface area (Å²) in [5.41, 5.74) is 3.88. The van der Waals surface area contributed by atoms with Crippen LogP contribution in [0.15, 0.2) is 72.9 Å². The first-order valence-electron chi connectivity index (χ1n) is 12.3. The zero-order valence-corrected chi connectivity index (χ0v) is 21.1. The van der Waals surface area contributed by atoms with Gasteiger partial charge >= 0.3 is 6.09 Å². The van der Waals surface area contributed by atoms with E-state index >= 15 is 0 Å². The predicted molar refractivity (Wildman–Crippen MR) is 142 cm³/mol. The van der Waals surface area contributed by atoms with E-state index in [1.807, 2.05) is 79.9 Å². The molecule has 1 aliphatic rings. The molecule has 1 aliphatic heterocycles. The molecule has 0 saturated carbocycles. The number of benzene rings is 2. The van der Waals surface area contributed by atoms with Gasteiger partial charge in [-0.15, -0.1) is 5.10 Å². The summed E-state index contributed by atoms with van der Waals surface area (Å²) in [5, 5.41) is 10.9. The number of anilines is 2. The number of alkyl carbamates (subject to hydrolysis) is 1. The van der Waals surface area contributed by atoms with Crippen molar-refractivity contribution in [1.82, 2.24) is 19.9 Å². The fraction of sp³-hybridized carbons (Fsp3) is 0.286. The molecular weight excluding hydrogens is 468 g/mol. The lowest BCUT2D eigenvalue weighted by atomic mass is 10.1. The van der Waals surface area contributed by atoms with Gasteiger partial charge in [0.1, 0.15) is 11.4 Å². The Hall–Kier alpha value is -4.40. The molecule has 0 spiro atoms. The van der Waals surface area contributed by atoms with Crippen LogP contribution in [0.4, 0.5) is 16.3 Å². The van der Waals surface area contributed by atoms with E-state index in [4.69, 9.17) is 9.84 Å². The maximum atomic E-state index is 12.6. The minimum absolute atomic E-state index is 0.0422. The Balaban J connectivity index is 1.28. The molecule has 3 heterocycles. The molecule has 1 fully saturated rings. The van der Waals surface area contributed by atoms with Gasteiger partial charge in [-0.25, -0.2) is 14.3 Å². The first-order chi connectivity index (χ1) is 17.7. The van der Waals surface area contributed by atoms with Gasteiger partial charge in [0.15, 0.2) is 5.65 Å². The van der Waals surface area contributed by atoms with E-state index in [0.29, 0.717) is 13.1 Å². The average Bonchev–Trinajstić information content (AvgIpc) is 3.45. The number of imidazole rings is 1. The summed E-state index contributed by atoms with van der Waals surface area (Å²) in [7, 11) is 0. The molecule has 2 aromatic carbocycles. The summed E-state index contributed by atoms with van der Waals surface area (Å²) in [5.74, 6) is 0.706. The Kier molecular flexibility index (Phi) is 6.52. The van der Waals surface area contributed by atoms with Gasteiger partial charge < -0.3 is 20.3 Å². The third-order valence-corrected chi connectivity index (χ3v) is 6.00. The number of fused-ring (bicyclic) bond motifs is 1. The Morgan fingerprint density at radius 1 is 1.05 bits per heavy atom. The largest absolute Gasteiger partial charge is 0.444 e. The predicted octanol–water partition coefficient (Wildman–Crippen LogP) is 4.64. The van der Waals surface area contributed by atoms with Crippen LogP contribution in [0.5, 0.6) is 0 Å². The lowest BCUT2D eigenvalue weighted by Gasteiger charge is -2.22. The number of rotatable bonds is 6. The van der Waals surface area contributed by atoms with Gasteiger partial charge in [-0.05, 0) is 50.6 Å². The van der Waals surface area contributed by atoms with Crippen LogP contribution >= 0.6 is 0 Å². The average molecular weight is 499 g/mol. The highest BCUT2D eigenvalue weighted by molar-refractivity contribution is 5.96. The van der Waals surface area contributed by atoms with Crippen molar-refractivity contribution in [2.24, 2.45) is 0 Å². The van der Waals surface area contributed by atoms with Crippen LogP contribution in [0.2, 0.25) is 0 Å². The molecule has 1 saturated heterocycles. The Bertz CT molecular complexity index is 1410. The van der Waals surface area contributed by atoms with Crippen molar-refractivity contribution in [3.05, 3.63) is 78.5 Å². The van der Waals surface area contributed by atoms with Gasteiger partial charge in [0, 0.05) is 30.8 Å². The molecule has 0 aliphatic carbocycles. The molecule has 5 rings (SSSR count). The summed E-state index contributed by atoms with van der Waals surface area (Å²) >= 11 is 0. The molecule has 2 aromatic heterocycles. The molecular formula is C28H30N6O3. The van der Waals surface area contributed by atoms with Crippen LogP contribution in [0.25, 0.3) is 16.9 Å². The van der Waals surface area contributed by atoms with E-state index < -0.39 is 11.7 Å². The van der Waals surface area contributed by atoms with Crippen molar-refractivity contribution in [3.63, 3.8) is 0 Å². The van der Waals surface area contributed by atoms with E-state index in [1.165, 1.54) is 5.56 Å². The highest BCUT2D eigenvalue weighted by atomic mass is 16.6. The first-order valence-corrected chi connectivity index (χ1v) is 12.3. The normalized spacial score (nSPS) is 15.7. The summed E-state index contributed by atoms with van der Waals surface area (Å²) in [6, 6.07) is 21.4. The molecule has 190 valence electrons. The molecule has 1 unspecified atom stereocenters. The Morgan fingerprint density at radius 3 is 2.54 bits per heavy atom. The van der Waals surface area contributed by atoms with Crippen LogP contribution in [0.3, 0.4) is 0 Å². The monoisotopic (exact) mass is 498 g/mol. The van der Waals surface area contributed by atoms with Crippen LogP contribution in [0.1, 0.15) is 32.8 Å². The fourth-order valence-electron chi connectivity index (χ4n) is 4.29. The molecule has 2 amide bonds. The van der Waals surface area contributed by atoms with Gasteiger partial charge in [0.2, 0.25) is 5.91 Å². The number of hydrogen-bond acceptors (Lipinski definition) is 6. The number of nitrogens with one attached hydrogen (secondary N) is 2. The number of nitrogens with zero attached hydrogens (tertiary/aromatic N) is 4. The molecule has 37 heavy (non-hydrogen) atoms. The van der Waals surface area contributed by atoms with Crippen molar-refractivity contribution in [3.8, 4) is 11.3 Å². The van der Waals surface area contributed by atoms with Crippen LogP contribution < -0.4 is 15.5 Å². The van der Waals surface area contributed by atoms with Crippen LogP contribution in [0, 0.1) is 0 Å². The minimum atomic E-state index is -0.590. The van der Waals surface area contributed by atoms with Crippen LogP contribution in [-0.4, -0.2) is 44.8 Å². The molecule has 0 radical (unpaired) electrons. The molecule has 1 atom stereocenters. The van der Waals surface area contributed by atoms with E-state index in [9.17, 15) is 9.59 Å². The number of hydrogen-bond donors (Lipinski definition) is 2. The van der Waals surface area contributed by atoms with E-state index in [0.717, 1.165) is 28.4 Å². The second-order valence-corrected chi connectivity index (χ2v) is 10.1. The van der Waals surface area contributed by atoms with Crippen molar-refractivity contribution < 1.29 is 14.3 Å². The Morgan fingerprint density at radius 2 is 1.81 bits per heavy atom. The van der Waals surface area contributed by atoms with Gasteiger partial charge in [-0.1, -0.05) is 42.5 Å². The topological polar surface area (TPSA) is 101 Å². The van der Waals surface area contributed by atoms with Crippen molar-refractivity contribution in [2.75, 3.05) is 16.8 Å². The SMILES string of the molecule is CC(C)(C)OC(=O)NC1CC(=O)N(c2ccc(-c3cnc4ccc(NCc5ccccc5)nn34)cc2)C1. The van der Waals surface area contributed by atoms with Gasteiger partial charge in [0.25, 0.3) is 0 Å². The highest BCUT2D eigenvalue weighted by Gasteiger charge is 2.32. The summed E-state index contributed by atoms with van der Waals surface area (Å²) in [6.07, 6.45) is 1.51. The fourth-order valence-corrected chi connectivity index (χ4v) is 4.29. The quantitative estimate of drug-likeness (QED) is 0.402. The Labute approximate surface area is 215 Å². The third-order valence-electron chi connectivity index (χ3n) is 6.00. The lowest BCUT2D eigenvalue weighted by Crippen LogP contribution is -2.40. The second kappa shape index (κ2) is 9.93. The third kappa shape index (κ3) is 5.72. The van der Waals surface area contributed by atoms with Crippen molar-refractivity contribution in [2.45, 2.75) is 45.4 Å². The molecule has 2 N–H and O–H groups in total.